The number of rotatable bonds is 4. The molecule has 1 saturated heterocycles. The van der Waals surface area contributed by atoms with Crippen molar-refractivity contribution in [2.75, 3.05) is 20.6 Å². The van der Waals surface area contributed by atoms with Gasteiger partial charge in [-0.25, -0.2) is 0 Å². The third-order valence-corrected chi connectivity index (χ3v) is 3.87. The Balaban J connectivity index is 2.26. The Hall–Kier alpha value is -1.68. The van der Waals surface area contributed by atoms with E-state index in [9.17, 15) is 9.59 Å². The predicted octanol–water partition coefficient (Wildman–Crippen LogP) is 1.87. The molecule has 4 nitrogen and oxygen atoms in total. The third kappa shape index (κ3) is 2.90. The zero-order chi connectivity index (χ0) is 14.7. The number of hydrogen-bond donors (Lipinski definition) is 0. The highest BCUT2D eigenvalue weighted by molar-refractivity contribution is 5.90. The number of carbonyl (C=O) groups is 2. The second kappa shape index (κ2) is 6.18. The lowest BCUT2D eigenvalue weighted by Crippen LogP contribution is -2.45. The maximum absolute atomic E-state index is 12.8. The lowest BCUT2D eigenvalue weighted by atomic mass is 10.0. The fourth-order valence-electron chi connectivity index (χ4n) is 2.91. The van der Waals surface area contributed by atoms with Gasteiger partial charge in [0.05, 0.1) is 6.04 Å². The minimum atomic E-state index is -0.323. The summed E-state index contributed by atoms with van der Waals surface area (Å²) in [5.41, 5.74) is 0.969. The Morgan fingerprint density at radius 2 is 1.90 bits per heavy atom. The van der Waals surface area contributed by atoms with E-state index < -0.39 is 0 Å². The van der Waals surface area contributed by atoms with Gasteiger partial charge in [0.15, 0.2) is 5.78 Å². The molecule has 0 aromatic heterocycles. The van der Waals surface area contributed by atoms with Gasteiger partial charge in [-0.15, -0.1) is 0 Å². The minimum Gasteiger partial charge on any atom is -0.331 e. The van der Waals surface area contributed by atoms with Gasteiger partial charge < -0.3 is 4.90 Å². The number of likely N-dealkylation sites (tertiary alicyclic amines) is 1. The summed E-state index contributed by atoms with van der Waals surface area (Å²) in [6.07, 6.45) is 1.70. The van der Waals surface area contributed by atoms with Crippen LogP contribution >= 0.6 is 0 Å². The Labute approximate surface area is 120 Å². The summed E-state index contributed by atoms with van der Waals surface area (Å²) in [6.45, 7) is 2.25. The number of carbonyl (C=O) groups excluding carboxylic acids is 2. The van der Waals surface area contributed by atoms with E-state index in [4.69, 9.17) is 0 Å². The lowest BCUT2D eigenvalue weighted by molar-refractivity contribution is -0.141. The first-order chi connectivity index (χ1) is 9.52. The van der Waals surface area contributed by atoms with Crippen LogP contribution in [-0.2, 0) is 9.59 Å². The molecule has 2 rings (SSSR count). The number of nitrogens with zero attached hydrogens (tertiary/aromatic N) is 2. The van der Waals surface area contributed by atoms with Crippen molar-refractivity contribution >= 4 is 11.7 Å². The summed E-state index contributed by atoms with van der Waals surface area (Å²) in [4.78, 5) is 28.2. The molecule has 0 aliphatic carbocycles. The van der Waals surface area contributed by atoms with E-state index in [1.807, 2.05) is 49.3 Å². The van der Waals surface area contributed by atoms with Crippen LogP contribution in [0.15, 0.2) is 30.3 Å². The van der Waals surface area contributed by atoms with Crippen LogP contribution in [0.2, 0.25) is 0 Å². The first kappa shape index (κ1) is 14.7. The Morgan fingerprint density at radius 3 is 2.45 bits per heavy atom. The number of Topliss-reactive ketones (excluding diaryl/α,β-unsaturated/α-hetero) is 1. The van der Waals surface area contributed by atoms with Crippen molar-refractivity contribution in [3.63, 3.8) is 0 Å². The number of ketones is 1. The number of benzene rings is 1. The molecule has 2 atom stereocenters. The van der Waals surface area contributed by atoms with Crippen LogP contribution in [0.1, 0.15) is 31.4 Å². The van der Waals surface area contributed by atoms with Crippen LogP contribution in [0.3, 0.4) is 0 Å². The summed E-state index contributed by atoms with van der Waals surface area (Å²) in [5.74, 6) is 0.111. The molecule has 1 aliphatic heterocycles. The zero-order valence-corrected chi connectivity index (χ0v) is 12.4. The van der Waals surface area contributed by atoms with Crippen LogP contribution in [0.5, 0.6) is 0 Å². The second-order valence-electron chi connectivity index (χ2n) is 5.58. The Kier molecular flexibility index (Phi) is 4.55. The highest BCUT2D eigenvalue weighted by Crippen LogP contribution is 2.26. The van der Waals surface area contributed by atoms with Crippen LogP contribution in [0.25, 0.3) is 0 Å². The quantitative estimate of drug-likeness (QED) is 0.841. The maximum atomic E-state index is 12.8. The zero-order valence-electron chi connectivity index (χ0n) is 12.4. The summed E-state index contributed by atoms with van der Waals surface area (Å²) >= 11 is 0. The molecule has 1 fully saturated rings. The standard InChI is InChI=1S/C16H22N2O2/c1-12(19)14-10-7-11-18(14)16(20)15(17(2)3)13-8-5-4-6-9-13/h4-6,8-9,14-15H,7,10-11H2,1-3H3/t14-,15+/m0/s1. The molecule has 1 heterocycles. The molecule has 0 unspecified atom stereocenters. The first-order valence-corrected chi connectivity index (χ1v) is 7.04. The molecule has 4 heteroatoms. The van der Waals surface area contributed by atoms with Crippen molar-refractivity contribution < 1.29 is 9.59 Å². The summed E-state index contributed by atoms with van der Waals surface area (Å²) < 4.78 is 0. The fourth-order valence-corrected chi connectivity index (χ4v) is 2.91. The van der Waals surface area contributed by atoms with Gasteiger partial charge in [-0.3, -0.25) is 14.5 Å². The normalized spacial score (nSPS) is 20.2. The number of hydrogen-bond acceptors (Lipinski definition) is 3. The van der Waals surface area contributed by atoms with E-state index >= 15 is 0 Å². The van der Waals surface area contributed by atoms with Gasteiger partial charge in [0.25, 0.3) is 0 Å². The molecular formula is C16H22N2O2. The minimum absolute atomic E-state index is 0.0268. The van der Waals surface area contributed by atoms with Gasteiger partial charge in [0.2, 0.25) is 5.91 Å². The first-order valence-electron chi connectivity index (χ1n) is 7.04. The van der Waals surface area contributed by atoms with Crippen molar-refractivity contribution in [2.24, 2.45) is 0 Å². The van der Waals surface area contributed by atoms with Crippen molar-refractivity contribution in [1.82, 2.24) is 9.80 Å². The highest BCUT2D eigenvalue weighted by atomic mass is 16.2. The van der Waals surface area contributed by atoms with Gasteiger partial charge in [0.1, 0.15) is 6.04 Å². The molecule has 20 heavy (non-hydrogen) atoms. The molecule has 0 bridgehead atoms. The smallest absolute Gasteiger partial charge is 0.245 e. The highest BCUT2D eigenvalue weighted by Gasteiger charge is 2.36. The second-order valence-corrected chi connectivity index (χ2v) is 5.58. The van der Waals surface area contributed by atoms with Crippen molar-refractivity contribution in [2.45, 2.75) is 31.8 Å². The molecule has 1 aromatic rings. The monoisotopic (exact) mass is 274 g/mol. The number of likely N-dealkylation sites (N-methyl/N-ethyl adjacent to an activating group) is 1. The third-order valence-electron chi connectivity index (χ3n) is 3.87. The maximum Gasteiger partial charge on any atom is 0.245 e. The van der Waals surface area contributed by atoms with E-state index in [1.54, 1.807) is 11.8 Å². The molecular weight excluding hydrogens is 252 g/mol. The molecule has 0 radical (unpaired) electrons. The number of amides is 1. The summed E-state index contributed by atoms with van der Waals surface area (Å²) in [5, 5.41) is 0. The van der Waals surface area contributed by atoms with Gasteiger partial charge in [-0.1, -0.05) is 30.3 Å². The predicted molar refractivity (Wildman–Crippen MR) is 78.3 cm³/mol. The molecule has 1 aliphatic rings. The Bertz CT molecular complexity index is 485. The average molecular weight is 274 g/mol. The van der Waals surface area contributed by atoms with Gasteiger partial charge in [-0.2, -0.15) is 0 Å². The average Bonchev–Trinajstić information content (AvgIpc) is 2.89. The fraction of sp³-hybridized carbons (Fsp3) is 0.500. The van der Waals surface area contributed by atoms with Crippen molar-refractivity contribution in [3.05, 3.63) is 35.9 Å². The van der Waals surface area contributed by atoms with E-state index in [2.05, 4.69) is 0 Å². The van der Waals surface area contributed by atoms with Crippen LogP contribution in [0, 0.1) is 0 Å². The molecule has 0 N–H and O–H groups in total. The molecule has 1 amide bonds. The van der Waals surface area contributed by atoms with E-state index in [-0.39, 0.29) is 23.8 Å². The van der Waals surface area contributed by atoms with Crippen LogP contribution in [0.4, 0.5) is 0 Å². The van der Waals surface area contributed by atoms with E-state index in [0.717, 1.165) is 18.4 Å². The molecule has 0 saturated carbocycles. The summed E-state index contributed by atoms with van der Waals surface area (Å²) in [7, 11) is 3.79. The largest absolute Gasteiger partial charge is 0.331 e. The van der Waals surface area contributed by atoms with E-state index in [1.165, 1.54) is 0 Å². The van der Waals surface area contributed by atoms with E-state index in [0.29, 0.717) is 6.54 Å². The molecule has 108 valence electrons. The van der Waals surface area contributed by atoms with Gasteiger partial charge in [0, 0.05) is 6.54 Å². The van der Waals surface area contributed by atoms with Crippen molar-refractivity contribution in [3.8, 4) is 0 Å². The molecule has 1 aromatic carbocycles. The molecule has 0 spiro atoms. The SMILES string of the molecule is CC(=O)[C@@H]1CCCN1C(=O)[C@@H](c1ccccc1)N(C)C. The van der Waals surface area contributed by atoms with Crippen LogP contribution in [-0.4, -0.2) is 48.2 Å². The van der Waals surface area contributed by atoms with Gasteiger partial charge >= 0.3 is 0 Å². The van der Waals surface area contributed by atoms with Crippen molar-refractivity contribution in [1.29, 1.82) is 0 Å². The lowest BCUT2D eigenvalue weighted by Gasteiger charge is -2.31. The van der Waals surface area contributed by atoms with Crippen LogP contribution < -0.4 is 0 Å². The van der Waals surface area contributed by atoms with Gasteiger partial charge in [-0.05, 0) is 39.4 Å². The summed E-state index contributed by atoms with van der Waals surface area (Å²) in [6, 6.07) is 9.17. The Morgan fingerprint density at radius 1 is 1.25 bits per heavy atom. The topological polar surface area (TPSA) is 40.6 Å².